The molecule has 0 spiro atoms. The van der Waals surface area contributed by atoms with Crippen molar-refractivity contribution < 1.29 is 4.79 Å². The molecule has 1 aliphatic rings. The number of halogens is 1. The summed E-state index contributed by atoms with van der Waals surface area (Å²) in [5.41, 5.74) is 0.724. The summed E-state index contributed by atoms with van der Waals surface area (Å²) in [6, 6.07) is 7.45. The second kappa shape index (κ2) is 6.21. The first kappa shape index (κ1) is 13.4. The van der Waals surface area contributed by atoms with Gasteiger partial charge in [0.2, 0.25) is 0 Å². The van der Waals surface area contributed by atoms with Crippen LogP contribution in [0.25, 0.3) is 0 Å². The fourth-order valence-corrected chi connectivity index (χ4v) is 2.60. The van der Waals surface area contributed by atoms with E-state index < -0.39 is 0 Å². The van der Waals surface area contributed by atoms with Gasteiger partial charge in [-0.1, -0.05) is 11.6 Å². The number of hydrogen-bond donors (Lipinski definition) is 1. The zero-order valence-corrected chi connectivity index (χ0v) is 11.4. The van der Waals surface area contributed by atoms with Crippen LogP contribution < -0.4 is 5.32 Å². The van der Waals surface area contributed by atoms with E-state index in [9.17, 15) is 4.79 Å². The normalized spacial score (nSPS) is 19.9. The lowest BCUT2D eigenvalue weighted by atomic mass is 10.0. The predicted molar refractivity (Wildman–Crippen MR) is 74.1 cm³/mol. The number of nitrogens with zero attached hydrogens (tertiary/aromatic N) is 1. The predicted octanol–water partition coefficient (Wildman–Crippen LogP) is 2.55. The highest BCUT2D eigenvalue weighted by Crippen LogP contribution is 2.20. The van der Waals surface area contributed by atoms with Gasteiger partial charge in [-0.3, -0.25) is 4.79 Å². The fourth-order valence-electron chi connectivity index (χ4n) is 2.47. The lowest BCUT2D eigenvalue weighted by Gasteiger charge is -2.35. The molecular formula is C14H19ClN2O. The van der Waals surface area contributed by atoms with Gasteiger partial charge in [0.1, 0.15) is 0 Å². The monoisotopic (exact) mass is 266 g/mol. The van der Waals surface area contributed by atoms with Gasteiger partial charge in [-0.05, 0) is 50.6 Å². The maximum absolute atomic E-state index is 12.5. The van der Waals surface area contributed by atoms with E-state index in [-0.39, 0.29) is 5.91 Å². The number of carbonyl (C=O) groups excluding carboxylic acids is 1. The number of piperidine rings is 1. The lowest BCUT2D eigenvalue weighted by molar-refractivity contribution is 0.0615. The summed E-state index contributed by atoms with van der Waals surface area (Å²) < 4.78 is 0. The second-order valence-electron chi connectivity index (χ2n) is 4.71. The van der Waals surface area contributed by atoms with Crippen molar-refractivity contribution in [3.8, 4) is 0 Å². The Kier molecular flexibility index (Phi) is 4.61. The quantitative estimate of drug-likeness (QED) is 0.912. The highest BCUT2D eigenvalue weighted by Gasteiger charge is 2.26. The summed E-state index contributed by atoms with van der Waals surface area (Å²) in [7, 11) is 1.93. The van der Waals surface area contributed by atoms with E-state index >= 15 is 0 Å². The summed E-state index contributed by atoms with van der Waals surface area (Å²) in [6.45, 7) is 1.72. The third-order valence-electron chi connectivity index (χ3n) is 3.42. The van der Waals surface area contributed by atoms with E-state index in [0.29, 0.717) is 11.1 Å². The largest absolute Gasteiger partial charge is 0.334 e. The van der Waals surface area contributed by atoms with E-state index in [0.717, 1.165) is 31.5 Å². The highest BCUT2D eigenvalue weighted by atomic mass is 35.5. The van der Waals surface area contributed by atoms with Crippen molar-refractivity contribution in [3.05, 3.63) is 34.9 Å². The summed E-state index contributed by atoms with van der Waals surface area (Å²) >= 11 is 5.85. The average Bonchev–Trinajstić information content (AvgIpc) is 2.40. The SMILES string of the molecule is CNCC1CCCCN1C(=O)c1ccc(Cl)cc1. The Morgan fingerprint density at radius 3 is 2.78 bits per heavy atom. The third kappa shape index (κ3) is 3.03. The number of rotatable bonds is 3. The van der Waals surface area contributed by atoms with Gasteiger partial charge in [-0.15, -0.1) is 0 Å². The number of likely N-dealkylation sites (N-methyl/N-ethyl adjacent to an activating group) is 1. The van der Waals surface area contributed by atoms with Gasteiger partial charge in [0.25, 0.3) is 5.91 Å². The van der Waals surface area contributed by atoms with Crippen LogP contribution in [0, 0.1) is 0 Å². The molecular weight excluding hydrogens is 248 g/mol. The molecule has 0 aromatic heterocycles. The van der Waals surface area contributed by atoms with Crippen LogP contribution in [-0.4, -0.2) is 37.0 Å². The van der Waals surface area contributed by atoms with Crippen LogP contribution in [0.2, 0.25) is 5.02 Å². The second-order valence-corrected chi connectivity index (χ2v) is 5.15. The van der Waals surface area contributed by atoms with Crippen LogP contribution >= 0.6 is 11.6 Å². The number of carbonyl (C=O) groups is 1. The Hall–Kier alpha value is -1.06. The standard InChI is InChI=1S/C14H19ClN2O/c1-16-10-13-4-2-3-9-17(13)14(18)11-5-7-12(15)8-6-11/h5-8,13,16H,2-4,9-10H2,1H3. The van der Waals surface area contributed by atoms with Crippen LogP contribution in [0.5, 0.6) is 0 Å². The maximum atomic E-state index is 12.5. The van der Waals surface area contributed by atoms with Gasteiger partial charge >= 0.3 is 0 Å². The molecule has 2 rings (SSSR count). The Morgan fingerprint density at radius 1 is 1.39 bits per heavy atom. The number of benzene rings is 1. The minimum atomic E-state index is 0.117. The van der Waals surface area contributed by atoms with Crippen LogP contribution in [0.15, 0.2) is 24.3 Å². The third-order valence-corrected chi connectivity index (χ3v) is 3.67. The number of nitrogens with one attached hydrogen (secondary N) is 1. The first-order valence-corrected chi connectivity index (χ1v) is 6.81. The molecule has 1 aromatic carbocycles. The summed E-state index contributed by atoms with van der Waals surface area (Å²) in [4.78, 5) is 14.4. The molecule has 1 atom stereocenters. The molecule has 18 heavy (non-hydrogen) atoms. The molecule has 4 heteroatoms. The van der Waals surface area contributed by atoms with Gasteiger partial charge in [-0.25, -0.2) is 0 Å². The molecule has 98 valence electrons. The molecule has 1 amide bonds. The summed E-state index contributed by atoms with van der Waals surface area (Å²) in [6.07, 6.45) is 3.39. The van der Waals surface area contributed by atoms with Gasteiger partial charge in [-0.2, -0.15) is 0 Å². The molecule has 0 bridgehead atoms. The average molecular weight is 267 g/mol. The molecule has 1 aromatic rings. The van der Waals surface area contributed by atoms with E-state index in [1.165, 1.54) is 6.42 Å². The molecule has 1 heterocycles. The highest BCUT2D eigenvalue weighted by molar-refractivity contribution is 6.30. The lowest BCUT2D eigenvalue weighted by Crippen LogP contribution is -2.48. The molecule has 1 aliphatic heterocycles. The van der Waals surface area contributed by atoms with Crippen molar-refractivity contribution >= 4 is 17.5 Å². The van der Waals surface area contributed by atoms with Gasteiger partial charge < -0.3 is 10.2 Å². The molecule has 1 fully saturated rings. The Morgan fingerprint density at radius 2 is 2.11 bits per heavy atom. The minimum absolute atomic E-state index is 0.117. The van der Waals surface area contributed by atoms with Gasteiger partial charge in [0, 0.05) is 29.7 Å². The zero-order chi connectivity index (χ0) is 13.0. The van der Waals surface area contributed by atoms with E-state index in [2.05, 4.69) is 5.32 Å². The molecule has 1 unspecified atom stereocenters. The number of amides is 1. The maximum Gasteiger partial charge on any atom is 0.254 e. The summed E-state index contributed by atoms with van der Waals surface area (Å²) in [5.74, 6) is 0.117. The smallest absolute Gasteiger partial charge is 0.254 e. The van der Waals surface area contributed by atoms with Crippen LogP contribution in [0.3, 0.4) is 0 Å². The molecule has 0 saturated carbocycles. The Bertz CT molecular complexity index is 403. The van der Waals surface area contributed by atoms with Crippen LogP contribution in [-0.2, 0) is 0 Å². The minimum Gasteiger partial charge on any atom is -0.334 e. The zero-order valence-electron chi connectivity index (χ0n) is 10.7. The molecule has 0 aliphatic carbocycles. The molecule has 0 radical (unpaired) electrons. The first-order valence-electron chi connectivity index (χ1n) is 6.43. The van der Waals surface area contributed by atoms with Gasteiger partial charge in [0.15, 0.2) is 0 Å². The van der Waals surface area contributed by atoms with Crippen molar-refractivity contribution in [1.82, 2.24) is 10.2 Å². The Balaban J connectivity index is 2.12. The summed E-state index contributed by atoms with van der Waals surface area (Å²) in [5, 5.41) is 3.83. The Labute approximate surface area is 113 Å². The van der Waals surface area contributed by atoms with Crippen molar-refractivity contribution in [1.29, 1.82) is 0 Å². The van der Waals surface area contributed by atoms with Crippen molar-refractivity contribution in [2.45, 2.75) is 25.3 Å². The molecule has 1 N–H and O–H groups in total. The van der Waals surface area contributed by atoms with E-state index in [1.807, 2.05) is 11.9 Å². The first-order chi connectivity index (χ1) is 8.72. The topological polar surface area (TPSA) is 32.3 Å². The fraction of sp³-hybridized carbons (Fsp3) is 0.500. The van der Waals surface area contributed by atoms with Crippen molar-refractivity contribution in [3.63, 3.8) is 0 Å². The van der Waals surface area contributed by atoms with E-state index in [1.54, 1.807) is 24.3 Å². The number of likely N-dealkylation sites (tertiary alicyclic amines) is 1. The van der Waals surface area contributed by atoms with Crippen LogP contribution in [0.1, 0.15) is 29.6 Å². The molecule has 3 nitrogen and oxygen atoms in total. The van der Waals surface area contributed by atoms with Crippen LogP contribution in [0.4, 0.5) is 0 Å². The van der Waals surface area contributed by atoms with Crippen molar-refractivity contribution in [2.75, 3.05) is 20.1 Å². The van der Waals surface area contributed by atoms with E-state index in [4.69, 9.17) is 11.6 Å². The molecule has 1 saturated heterocycles. The number of hydrogen-bond acceptors (Lipinski definition) is 2. The van der Waals surface area contributed by atoms with Gasteiger partial charge in [0.05, 0.1) is 0 Å². The van der Waals surface area contributed by atoms with Crippen molar-refractivity contribution in [2.24, 2.45) is 0 Å².